The van der Waals surface area contributed by atoms with Crippen molar-refractivity contribution in [3.8, 4) is 0 Å². The van der Waals surface area contributed by atoms with E-state index in [0.717, 1.165) is 28.4 Å². The molecule has 4 aromatic carbocycles. The summed E-state index contributed by atoms with van der Waals surface area (Å²) < 4.78 is 123. The van der Waals surface area contributed by atoms with Crippen molar-refractivity contribution >= 4 is 71.8 Å². The van der Waals surface area contributed by atoms with Crippen LogP contribution in [0.4, 0.5) is 31.1 Å². The zero-order chi connectivity index (χ0) is 59.1. The number of methoxy groups -OCH3 is 1. The van der Waals surface area contributed by atoms with Crippen LogP contribution in [0.15, 0.2) is 131 Å². The van der Waals surface area contributed by atoms with E-state index >= 15 is 0 Å². The predicted molar refractivity (Wildman–Crippen MR) is 273 cm³/mol. The van der Waals surface area contributed by atoms with Crippen molar-refractivity contribution < 1.29 is 96.8 Å². The Morgan fingerprint density at radius 2 is 1.06 bits per heavy atom. The number of carbonyl (C=O) groups is 5. The van der Waals surface area contributed by atoms with Crippen LogP contribution in [0.5, 0.6) is 0 Å². The van der Waals surface area contributed by atoms with Crippen LogP contribution in [0.3, 0.4) is 0 Å². The van der Waals surface area contributed by atoms with Crippen LogP contribution in [0.25, 0.3) is 21.8 Å². The van der Waals surface area contributed by atoms with Crippen LogP contribution in [0.1, 0.15) is 38.8 Å². The highest BCUT2D eigenvalue weighted by Crippen LogP contribution is 2.40. The molecule has 8 rings (SSSR count). The summed E-state index contributed by atoms with van der Waals surface area (Å²) in [4.78, 5) is 59.2. The maximum absolute atomic E-state index is 13.2. The highest BCUT2D eigenvalue weighted by atomic mass is 32.2. The fourth-order valence-electron chi connectivity index (χ4n) is 9.47. The number of nitrogens with one attached hydrogen (secondary N) is 1. The maximum Gasteiger partial charge on any atom is 0.514 e. The van der Waals surface area contributed by atoms with E-state index in [4.69, 9.17) is 24.5 Å². The minimum Gasteiger partial charge on any atom is -0.477 e. The number of aromatic nitrogens is 2. The lowest BCUT2D eigenvalue weighted by atomic mass is 9.85. The van der Waals surface area contributed by atoms with Crippen LogP contribution < -0.4 is 5.32 Å². The molecule has 28 heteroatoms. The molecule has 2 saturated heterocycles. The summed E-state index contributed by atoms with van der Waals surface area (Å²) >= 11 is 0. The summed E-state index contributed by atoms with van der Waals surface area (Å²) in [6.07, 6.45) is -8.19. The molecule has 1 amide bonds. The molecule has 0 saturated carbocycles. The van der Waals surface area contributed by atoms with E-state index in [0.29, 0.717) is 43.8 Å². The molecule has 0 aliphatic carbocycles. The minimum absolute atomic E-state index is 0.0330. The molecule has 0 bridgehead atoms. The molecule has 3 atom stereocenters. The Morgan fingerprint density at radius 1 is 0.646 bits per heavy atom. The summed E-state index contributed by atoms with van der Waals surface area (Å²) in [6.45, 7) is 10.3. The molecule has 6 aromatic rings. The van der Waals surface area contributed by atoms with Crippen LogP contribution >= 0.6 is 0 Å². The minimum atomic E-state index is -5.08. The van der Waals surface area contributed by atoms with Gasteiger partial charge in [0.25, 0.3) is 20.0 Å². The van der Waals surface area contributed by atoms with Gasteiger partial charge in [0.1, 0.15) is 18.1 Å². The van der Waals surface area contributed by atoms with Crippen LogP contribution in [-0.2, 0) is 57.1 Å². The molecule has 2 aromatic heterocycles. The Morgan fingerprint density at radius 3 is 1.43 bits per heavy atom. The first kappa shape index (κ1) is 62.5. The van der Waals surface area contributed by atoms with Gasteiger partial charge in [-0.15, -0.1) is 0 Å². The average molecular weight is 1160 g/mol. The highest BCUT2D eigenvalue weighted by molar-refractivity contribution is 7.90. The first-order valence-corrected chi connectivity index (χ1v) is 26.5. The summed E-state index contributed by atoms with van der Waals surface area (Å²) in [5.74, 6) is -6.95. The number of fused-ring (bicyclic) bond motifs is 2. The third-order valence-corrected chi connectivity index (χ3v) is 16.7. The van der Waals surface area contributed by atoms with Crippen molar-refractivity contribution in [2.45, 2.75) is 80.0 Å². The van der Waals surface area contributed by atoms with Crippen LogP contribution in [-0.4, -0.2) is 165 Å². The van der Waals surface area contributed by atoms with E-state index in [2.05, 4.69) is 10.2 Å². The first-order valence-electron chi connectivity index (χ1n) is 23.7. The molecule has 428 valence electrons. The van der Waals surface area contributed by atoms with Crippen molar-refractivity contribution in [1.82, 2.24) is 23.1 Å². The SMILES string of the molecule is CC(C)(C)[N+]1(C(=O)O)CCN(Cc2cccc3c2ccn3S(=O)(=O)c2ccccc2)CC1(C)C(=O)O.COC(=O)C1CN(Cc2cccc3c2ccn3S(=O)(=O)c2ccccc2)CCN1.O=C(O)C(F)(F)F.O=C(O)C(F)(F)F. The Hall–Kier alpha value is -7.37. The number of hydrogen-bond acceptors (Lipinski definition) is 13. The lowest BCUT2D eigenvalue weighted by Crippen LogP contribution is -2.82. The second-order valence-corrected chi connectivity index (χ2v) is 22.8. The number of amides is 1. The normalized spacial score (nSPS) is 19.4. The number of hydrogen-bond donors (Lipinski definition) is 5. The number of piperazine rings is 2. The van der Waals surface area contributed by atoms with Gasteiger partial charge in [-0.3, -0.25) is 14.6 Å². The summed E-state index contributed by atoms with van der Waals surface area (Å²) in [5, 5.41) is 39.5. The third-order valence-electron chi connectivity index (χ3n) is 13.3. The van der Waals surface area contributed by atoms with Gasteiger partial charge < -0.3 is 30.5 Å². The lowest BCUT2D eigenvalue weighted by molar-refractivity contribution is -0.945. The zero-order valence-electron chi connectivity index (χ0n) is 43.0. The van der Waals surface area contributed by atoms with Crippen molar-refractivity contribution in [2.24, 2.45) is 0 Å². The number of quaternary nitrogens is 1. The number of esters is 1. The number of rotatable bonds is 10. The van der Waals surface area contributed by atoms with Crippen molar-refractivity contribution in [2.75, 3.05) is 46.4 Å². The highest BCUT2D eigenvalue weighted by Gasteiger charge is 2.66. The van der Waals surface area contributed by atoms with Gasteiger partial charge in [-0.05, 0) is 80.4 Å². The third kappa shape index (κ3) is 13.7. The molecule has 0 spiro atoms. The van der Waals surface area contributed by atoms with Crippen molar-refractivity contribution in [3.63, 3.8) is 0 Å². The van der Waals surface area contributed by atoms with E-state index in [1.807, 2.05) is 35.2 Å². The van der Waals surface area contributed by atoms with Gasteiger partial charge in [0.15, 0.2) is 0 Å². The molecule has 79 heavy (non-hydrogen) atoms. The fourth-order valence-corrected chi connectivity index (χ4v) is 12.2. The molecular weight excluding hydrogens is 1100 g/mol. The second kappa shape index (κ2) is 24.3. The van der Waals surface area contributed by atoms with E-state index in [1.54, 1.807) is 106 Å². The zero-order valence-corrected chi connectivity index (χ0v) is 44.6. The van der Waals surface area contributed by atoms with Gasteiger partial charge in [0.2, 0.25) is 5.54 Å². The van der Waals surface area contributed by atoms with Gasteiger partial charge >= 0.3 is 42.3 Å². The second-order valence-electron chi connectivity index (χ2n) is 19.2. The largest absolute Gasteiger partial charge is 0.514 e. The number of ether oxygens (including phenoxy) is 1. The molecule has 3 unspecified atom stereocenters. The van der Waals surface area contributed by atoms with E-state index in [1.165, 1.54) is 28.2 Å². The Kier molecular flexibility index (Phi) is 19.2. The van der Waals surface area contributed by atoms with Gasteiger partial charge in [-0.2, -0.15) is 31.1 Å². The molecular formula is C51H57F6N6O14S2+. The number of carboxylic acid groups (broad SMARTS) is 4. The molecule has 4 heterocycles. The topological polar surface area (TPSA) is 272 Å². The summed E-state index contributed by atoms with van der Waals surface area (Å²) in [5.41, 5.74) is 0.612. The number of carbonyl (C=O) groups excluding carboxylic acids is 1. The molecule has 20 nitrogen and oxygen atoms in total. The van der Waals surface area contributed by atoms with Gasteiger partial charge in [0, 0.05) is 69.4 Å². The number of nitrogens with zero attached hydrogens (tertiary/aromatic N) is 5. The first-order chi connectivity index (χ1) is 36.6. The summed E-state index contributed by atoms with van der Waals surface area (Å²) in [6, 6.07) is 30.9. The molecule has 0 radical (unpaired) electrons. The maximum atomic E-state index is 13.2. The van der Waals surface area contributed by atoms with Crippen LogP contribution in [0.2, 0.25) is 0 Å². The van der Waals surface area contributed by atoms with E-state index in [9.17, 15) is 67.8 Å². The number of halogens is 6. The fraction of sp³-hybridized carbons (Fsp3) is 0.353. The molecule has 2 aliphatic rings. The number of aliphatic carboxylic acids is 3. The van der Waals surface area contributed by atoms with Gasteiger partial charge in [-0.25, -0.2) is 43.6 Å². The van der Waals surface area contributed by atoms with Crippen molar-refractivity contribution in [3.05, 3.63) is 133 Å². The monoisotopic (exact) mass is 1160 g/mol. The predicted octanol–water partition coefficient (Wildman–Crippen LogP) is 6.92. The lowest BCUT2D eigenvalue weighted by Gasteiger charge is -2.56. The number of alkyl halides is 6. The summed E-state index contributed by atoms with van der Waals surface area (Å²) in [7, 11) is -6.06. The smallest absolute Gasteiger partial charge is 0.477 e. The van der Waals surface area contributed by atoms with E-state index < -0.39 is 72.0 Å². The Labute approximate surface area is 449 Å². The van der Waals surface area contributed by atoms with Crippen molar-refractivity contribution in [1.29, 1.82) is 0 Å². The average Bonchev–Trinajstić information content (AvgIpc) is 4.04. The van der Waals surface area contributed by atoms with Gasteiger partial charge in [-0.1, -0.05) is 60.7 Å². The Bertz CT molecular complexity index is 3380. The standard InChI is InChI=1S/C26H31N3O6S.C21H23N3O4S.2C2HF3O2/c1-25(2,3)29(24(32)33)16-15-27(18-26(29,4)23(30)31)17-19-9-8-12-22-21(19)13-14-28(22)36(34,35)20-10-6-5-7-11-20;1-28-21(25)19-15-23(13-11-22-19)14-16-6-5-9-20-18(16)10-12-24(20)29(26,27)17-7-3-2-4-8-17;2*3-2(4,5)1(6)7/h5-14H,15-18H2,1-4H3,(H-,30,31,32,33);2-10,12,19,22H,11,13-15H2,1H3;2*(H,6,7)/p+1. The molecule has 2 fully saturated rings. The van der Waals surface area contributed by atoms with Gasteiger partial charge in [0.05, 0.1) is 34.5 Å². The number of carboxylic acids is 3. The Balaban J connectivity index is 0.000000237. The number of benzene rings is 4. The molecule has 2 aliphatic heterocycles. The van der Waals surface area contributed by atoms with Crippen LogP contribution in [0, 0.1) is 0 Å². The van der Waals surface area contributed by atoms with E-state index in [-0.39, 0.29) is 34.9 Å². The quantitative estimate of drug-likeness (QED) is 0.0529. The molecule has 5 N–H and O–H groups in total.